The molecular formula is C32H38N2O6S. The Hall–Kier alpha value is -3.56. The highest BCUT2D eigenvalue weighted by Crippen LogP contribution is 2.40. The largest absolute Gasteiger partial charge is 0.497 e. The van der Waals surface area contributed by atoms with Crippen molar-refractivity contribution in [3.63, 3.8) is 0 Å². The molecule has 41 heavy (non-hydrogen) atoms. The van der Waals surface area contributed by atoms with Crippen LogP contribution >= 0.6 is 0 Å². The zero-order valence-electron chi connectivity index (χ0n) is 24.1. The standard InChI is InChI=1S/C32H38N2O6S/c1-31(2,3)24-10-15-28-27(20-24)34(41(36,37)26-13-11-25(38-4)12-14-26)21-29(40-28)30(35)33-22-32(16-18-39-19-17-32)23-8-6-5-7-9-23/h5-15,20,29H,16-19,21-22H2,1-4H3,(H,33,35)/t29-/m1/s1. The van der Waals surface area contributed by atoms with Crippen molar-refractivity contribution in [2.24, 2.45) is 0 Å². The number of fused-ring (bicyclic) bond motifs is 1. The molecule has 0 spiro atoms. The summed E-state index contributed by atoms with van der Waals surface area (Å²) in [6.45, 7) is 7.67. The van der Waals surface area contributed by atoms with Crippen LogP contribution in [0.5, 0.6) is 11.5 Å². The monoisotopic (exact) mass is 578 g/mol. The number of hydrogen-bond acceptors (Lipinski definition) is 6. The van der Waals surface area contributed by atoms with Gasteiger partial charge in [-0.3, -0.25) is 9.10 Å². The van der Waals surface area contributed by atoms with Crippen LogP contribution < -0.4 is 19.1 Å². The van der Waals surface area contributed by atoms with Crippen LogP contribution in [0, 0.1) is 0 Å². The molecule has 0 aliphatic carbocycles. The van der Waals surface area contributed by atoms with Crippen molar-refractivity contribution in [2.75, 3.05) is 37.7 Å². The van der Waals surface area contributed by atoms with Crippen molar-refractivity contribution in [1.29, 1.82) is 0 Å². The molecule has 1 saturated heterocycles. The fourth-order valence-corrected chi connectivity index (χ4v) is 6.92. The topological polar surface area (TPSA) is 94.2 Å². The third-order valence-electron chi connectivity index (χ3n) is 8.07. The zero-order valence-corrected chi connectivity index (χ0v) is 24.9. The van der Waals surface area contributed by atoms with Crippen LogP contribution in [-0.2, 0) is 30.4 Å². The minimum absolute atomic E-state index is 0.108. The molecule has 1 atom stereocenters. The summed E-state index contributed by atoms with van der Waals surface area (Å²) in [5.74, 6) is 0.552. The third kappa shape index (κ3) is 5.92. The molecule has 3 aromatic rings. The van der Waals surface area contributed by atoms with E-state index in [2.05, 4.69) is 38.2 Å². The number of carbonyl (C=O) groups is 1. The number of ether oxygens (including phenoxy) is 3. The van der Waals surface area contributed by atoms with Crippen LogP contribution in [0.4, 0.5) is 5.69 Å². The van der Waals surface area contributed by atoms with Gasteiger partial charge in [0.05, 0.1) is 24.2 Å². The Kier molecular flexibility index (Phi) is 8.03. The van der Waals surface area contributed by atoms with E-state index < -0.39 is 16.1 Å². The predicted octanol–water partition coefficient (Wildman–Crippen LogP) is 4.81. The highest BCUT2D eigenvalue weighted by molar-refractivity contribution is 7.92. The van der Waals surface area contributed by atoms with E-state index >= 15 is 0 Å². The Labute approximate surface area is 242 Å². The normalized spacial score (nSPS) is 18.6. The predicted molar refractivity (Wildman–Crippen MR) is 158 cm³/mol. The Morgan fingerprint density at radius 1 is 1.02 bits per heavy atom. The number of hydrogen-bond donors (Lipinski definition) is 1. The first-order chi connectivity index (χ1) is 19.5. The highest BCUT2D eigenvalue weighted by atomic mass is 32.2. The third-order valence-corrected chi connectivity index (χ3v) is 9.87. The molecule has 0 aromatic heterocycles. The minimum atomic E-state index is -4.02. The smallest absolute Gasteiger partial charge is 0.264 e. The van der Waals surface area contributed by atoms with Gasteiger partial charge in [-0.05, 0) is 65.8 Å². The average molecular weight is 579 g/mol. The fraction of sp³-hybridized carbons (Fsp3) is 0.406. The van der Waals surface area contributed by atoms with E-state index in [1.54, 1.807) is 18.2 Å². The van der Waals surface area contributed by atoms with Gasteiger partial charge in [-0.1, -0.05) is 57.2 Å². The van der Waals surface area contributed by atoms with E-state index in [4.69, 9.17) is 14.2 Å². The van der Waals surface area contributed by atoms with Gasteiger partial charge >= 0.3 is 0 Å². The quantitative estimate of drug-likeness (QED) is 0.432. The SMILES string of the molecule is COc1ccc(S(=O)(=O)N2C[C@H](C(=O)NCC3(c4ccccc4)CCOCC3)Oc3ccc(C(C)(C)C)cc32)cc1. The van der Waals surface area contributed by atoms with Crippen molar-refractivity contribution < 1.29 is 27.4 Å². The van der Waals surface area contributed by atoms with Gasteiger partial charge in [0.1, 0.15) is 11.5 Å². The van der Waals surface area contributed by atoms with Crippen LogP contribution in [0.15, 0.2) is 77.7 Å². The summed E-state index contributed by atoms with van der Waals surface area (Å²) in [6.07, 6.45) is 0.530. The molecule has 2 aliphatic heterocycles. The minimum Gasteiger partial charge on any atom is -0.497 e. The van der Waals surface area contributed by atoms with Crippen LogP contribution in [0.3, 0.4) is 0 Å². The average Bonchev–Trinajstić information content (AvgIpc) is 2.99. The summed E-state index contributed by atoms with van der Waals surface area (Å²) in [5.41, 5.74) is 2.05. The van der Waals surface area contributed by atoms with Gasteiger partial charge in [-0.2, -0.15) is 0 Å². The summed E-state index contributed by atoms with van der Waals surface area (Å²) in [4.78, 5) is 13.7. The number of nitrogens with zero attached hydrogens (tertiary/aromatic N) is 1. The van der Waals surface area contributed by atoms with Gasteiger partial charge in [0.2, 0.25) is 0 Å². The van der Waals surface area contributed by atoms with E-state index in [9.17, 15) is 13.2 Å². The van der Waals surface area contributed by atoms with Gasteiger partial charge in [-0.15, -0.1) is 0 Å². The number of nitrogens with one attached hydrogen (secondary N) is 1. The second kappa shape index (κ2) is 11.4. The maximum atomic E-state index is 14.0. The molecule has 9 heteroatoms. The first kappa shape index (κ1) is 29.0. The number of rotatable bonds is 7. The number of sulfonamides is 1. The maximum absolute atomic E-state index is 14.0. The number of methoxy groups -OCH3 is 1. The fourth-order valence-electron chi connectivity index (χ4n) is 5.45. The molecule has 0 radical (unpaired) electrons. The highest BCUT2D eigenvalue weighted by Gasteiger charge is 2.40. The molecule has 1 amide bonds. The summed E-state index contributed by atoms with van der Waals surface area (Å²) in [6, 6.07) is 21.9. The lowest BCUT2D eigenvalue weighted by Crippen LogP contribution is -2.53. The maximum Gasteiger partial charge on any atom is 0.264 e. The lowest BCUT2D eigenvalue weighted by atomic mass is 9.74. The van der Waals surface area contributed by atoms with Crippen LogP contribution in [0.25, 0.3) is 0 Å². The molecule has 218 valence electrons. The molecule has 8 nitrogen and oxygen atoms in total. The number of amides is 1. The number of anilines is 1. The molecule has 0 bridgehead atoms. The first-order valence-electron chi connectivity index (χ1n) is 13.9. The molecule has 1 fully saturated rings. The summed E-state index contributed by atoms with van der Waals surface area (Å²) < 4.78 is 46.3. The molecular weight excluding hydrogens is 540 g/mol. The second-order valence-corrected chi connectivity index (χ2v) is 13.6. The number of benzene rings is 3. The van der Waals surface area contributed by atoms with Crippen LogP contribution in [0.2, 0.25) is 0 Å². The molecule has 2 aliphatic rings. The van der Waals surface area contributed by atoms with E-state index in [0.717, 1.165) is 24.0 Å². The van der Waals surface area contributed by atoms with Gasteiger partial charge in [0, 0.05) is 25.2 Å². The van der Waals surface area contributed by atoms with Gasteiger partial charge < -0.3 is 19.5 Å². The summed E-state index contributed by atoms with van der Waals surface area (Å²) >= 11 is 0. The van der Waals surface area contributed by atoms with Crippen molar-refractivity contribution in [1.82, 2.24) is 5.32 Å². The van der Waals surface area contributed by atoms with E-state index in [1.165, 1.54) is 23.5 Å². The molecule has 0 unspecified atom stereocenters. The lowest BCUT2D eigenvalue weighted by Gasteiger charge is -2.39. The molecule has 1 N–H and O–H groups in total. The lowest BCUT2D eigenvalue weighted by molar-refractivity contribution is -0.128. The van der Waals surface area contributed by atoms with Gasteiger partial charge in [-0.25, -0.2) is 8.42 Å². The number of carbonyl (C=O) groups excluding carboxylic acids is 1. The Morgan fingerprint density at radius 3 is 2.34 bits per heavy atom. The van der Waals surface area contributed by atoms with Crippen molar-refractivity contribution >= 4 is 21.6 Å². The van der Waals surface area contributed by atoms with Crippen LogP contribution in [0.1, 0.15) is 44.7 Å². The van der Waals surface area contributed by atoms with Crippen LogP contribution in [-0.4, -0.2) is 53.8 Å². The molecule has 3 aromatic carbocycles. The Bertz CT molecular complexity index is 1480. The van der Waals surface area contributed by atoms with Gasteiger partial charge in [0.15, 0.2) is 6.10 Å². The molecule has 2 heterocycles. The first-order valence-corrected chi connectivity index (χ1v) is 15.4. The Balaban J connectivity index is 1.45. The van der Waals surface area contributed by atoms with Crippen molar-refractivity contribution in [3.05, 3.63) is 83.9 Å². The van der Waals surface area contributed by atoms with Crippen molar-refractivity contribution in [2.45, 2.75) is 55.4 Å². The molecule has 5 rings (SSSR count). The van der Waals surface area contributed by atoms with Gasteiger partial charge in [0.25, 0.3) is 15.9 Å². The second-order valence-electron chi connectivity index (χ2n) is 11.7. The van der Waals surface area contributed by atoms with E-state index in [0.29, 0.717) is 36.9 Å². The zero-order chi connectivity index (χ0) is 29.3. The van der Waals surface area contributed by atoms with E-state index in [1.807, 2.05) is 30.3 Å². The summed E-state index contributed by atoms with van der Waals surface area (Å²) in [5, 5.41) is 3.10. The van der Waals surface area contributed by atoms with E-state index in [-0.39, 0.29) is 28.2 Å². The summed E-state index contributed by atoms with van der Waals surface area (Å²) in [7, 11) is -2.49. The molecule has 0 saturated carbocycles. The Morgan fingerprint density at radius 2 is 1.71 bits per heavy atom. The van der Waals surface area contributed by atoms with Crippen molar-refractivity contribution in [3.8, 4) is 11.5 Å².